The van der Waals surface area contributed by atoms with Crippen LogP contribution < -0.4 is 9.80 Å². The van der Waals surface area contributed by atoms with Crippen LogP contribution in [0.5, 0.6) is 0 Å². The van der Waals surface area contributed by atoms with Gasteiger partial charge in [-0.15, -0.1) is 0 Å². The van der Waals surface area contributed by atoms with Crippen molar-refractivity contribution in [3.05, 3.63) is 60.4 Å². The van der Waals surface area contributed by atoms with Crippen LogP contribution in [0.2, 0.25) is 0 Å². The first-order chi connectivity index (χ1) is 12.2. The lowest BCUT2D eigenvalue weighted by Crippen LogP contribution is -2.50. The highest BCUT2D eigenvalue weighted by molar-refractivity contribution is 5.94. The van der Waals surface area contributed by atoms with Crippen LogP contribution in [0.3, 0.4) is 0 Å². The number of carbonyl (C=O) groups is 1. The van der Waals surface area contributed by atoms with Gasteiger partial charge >= 0.3 is 0 Å². The molecule has 0 atom stereocenters. The predicted molar refractivity (Wildman–Crippen MR) is 99.5 cm³/mol. The maximum absolute atomic E-state index is 13.9. The molecule has 0 aliphatic carbocycles. The molecule has 1 amide bonds. The van der Waals surface area contributed by atoms with Gasteiger partial charge in [-0.3, -0.25) is 9.69 Å². The quantitative estimate of drug-likeness (QED) is 0.836. The highest BCUT2D eigenvalue weighted by Crippen LogP contribution is 2.20. The number of likely N-dealkylation sites (N-methyl/N-ethyl adjacent to an activating group) is 1. The fourth-order valence-corrected chi connectivity index (χ4v) is 3.24. The summed E-state index contributed by atoms with van der Waals surface area (Å²) in [5.41, 5.74) is 1.58. The summed E-state index contributed by atoms with van der Waals surface area (Å²) in [5, 5.41) is 0. The lowest BCUT2D eigenvalue weighted by Gasteiger charge is -2.36. The van der Waals surface area contributed by atoms with Gasteiger partial charge < -0.3 is 9.80 Å². The van der Waals surface area contributed by atoms with Crippen LogP contribution in [-0.4, -0.2) is 50.1 Å². The third-order valence-corrected chi connectivity index (χ3v) is 4.61. The van der Waals surface area contributed by atoms with E-state index >= 15 is 0 Å². The number of hydrogen-bond donors (Lipinski definition) is 0. The molecular weight excluding hydrogens is 317 g/mol. The Balaban J connectivity index is 1.57. The molecule has 0 spiro atoms. The molecule has 3 rings (SSSR count). The van der Waals surface area contributed by atoms with Gasteiger partial charge in [0, 0.05) is 38.4 Å². The third-order valence-electron chi connectivity index (χ3n) is 4.61. The molecule has 2 aromatic rings. The minimum absolute atomic E-state index is 0.105. The average molecular weight is 341 g/mol. The van der Waals surface area contributed by atoms with Crippen molar-refractivity contribution in [1.29, 1.82) is 0 Å². The Hall–Kier alpha value is -2.40. The van der Waals surface area contributed by atoms with E-state index in [1.54, 1.807) is 6.07 Å². The van der Waals surface area contributed by atoms with E-state index in [9.17, 15) is 9.18 Å². The Kier molecular flexibility index (Phi) is 5.66. The summed E-state index contributed by atoms with van der Waals surface area (Å²) in [6, 6.07) is 16.6. The standard InChI is InChI=1S/C20H24FN3O/c1-2-24(17-8-4-3-5-9-17)20(25)16-22-12-14-23(15-13-22)19-11-7-6-10-18(19)21/h3-11H,2,12-16H2,1H3. The summed E-state index contributed by atoms with van der Waals surface area (Å²) in [6.45, 7) is 6.00. The molecule has 0 unspecified atom stereocenters. The molecule has 0 bridgehead atoms. The number of carbonyl (C=O) groups excluding carboxylic acids is 1. The number of para-hydroxylation sites is 2. The first-order valence-electron chi connectivity index (χ1n) is 8.76. The molecule has 2 aromatic carbocycles. The van der Waals surface area contributed by atoms with Crippen LogP contribution in [-0.2, 0) is 4.79 Å². The Morgan fingerprint density at radius 2 is 1.64 bits per heavy atom. The second-order valence-electron chi connectivity index (χ2n) is 6.19. The van der Waals surface area contributed by atoms with Crippen molar-refractivity contribution in [3.63, 3.8) is 0 Å². The molecule has 0 N–H and O–H groups in total. The molecule has 1 aliphatic heterocycles. The van der Waals surface area contributed by atoms with Crippen molar-refractivity contribution in [2.45, 2.75) is 6.92 Å². The number of piperazine rings is 1. The largest absolute Gasteiger partial charge is 0.367 e. The van der Waals surface area contributed by atoms with Crippen molar-refractivity contribution in [1.82, 2.24) is 4.90 Å². The van der Waals surface area contributed by atoms with Crippen molar-refractivity contribution >= 4 is 17.3 Å². The lowest BCUT2D eigenvalue weighted by molar-refractivity contribution is -0.119. The van der Waals surface area contributed by atoms with Crippen molar-refractivity contribution in [2.24, 2.45) is 0 Å². The monoisotopic (exact) mass is 341 g/mol. The molecule has 0 aromatic heterocycles. The molecule has 1 heterocycles. The van der Waals surface area contributed by atoms with E-state index in [1.807, 2.05) is 59.2 Å². The second kappa shape index (κ2) is 8.12. The van der Waals surface area contributed by atoms with Gasteiger partial charge in [-0.05, 0) is 31.2 Å². The van der Waals surface area contributed by atoms with Gasteiger partial charge in [-0.25, -0.2) is 4.39 Å². The Morgan fingerprint density at radius 3 is 2.28 bits per heavy atom. The molecule has 132 valence electrons. The van der Waals surface area contributed by atoms with E-state index in [2.05, 4.69) is 4.90 Å². The number of amides is 1. The topological polar surface area (TPSA) is 26.8 Å². The van der Waals surface area contributed by atoms with E-state index in [-0.39, 0.29) is 11.7 Å². The molecule has 0 saturated carbocycles. The van der Waals surface area contributed by atoms with Crippen LogP contribution in [0, 0.1) is 5.82 Å². The zero-order valence-corrected chi connectivity index (χ0v) is 14.6. The van der Waals surface area contributed by atoms with Crippen molar-refractivity contribution in [2.75, 3.05) is 49.1 Å². The first-order valence-corrected chi connectivity index (χ1v) is 8.76. The maximum Gasteiger partial charge on any atom is 0.241 e. The van der Waals surface area contributed by atoms with Gasteiger partial charge in [-0.2, -0.15) is 0 Å². The summed E-state index contributed by atoms with van der Waals surface area (Å²) in [5.74, 6) is -0.0821. The SMILES string of the molecule is CCN(C(=O)CN1CCN(c2ccccc2F)CC1)c1ccccc1. The van der Waals surface area contributed by atoms with Gasteiger partial charge in [0.2, 0.25) is 5.91 Å². The van der Waals surface area contributed by atoms with Crippen LogP contribution in [0.25, 0.3) is 0 Å². The number of benzene rings is 2. The van der Waals surface area contributed by atoms with Crippen LogP contribution in [0.4, 0.5) is 15.8 Å². The summed E-state index contributed by atoms with van der Waals surface area (Å²) in [4.78, 5) is 18.7. The van der Waals surface area contributed by atoms with Crippen molar-refractivity contribution < 1.29 is 9.18 Å². The van der Waals surface area contributed by atoms with Crippen molar-refractivity contribution in [3.8, 4) is 0 Å². The molecule has 0 radical (unpaired) electrons. The molecule has 4 nitrogen and oxygen atoms in total. The Morgan fingerprint density at radius 1 is 1.00 bits per heavy atom. The lowest BCUT2D eigenvalue weighted by atomic mass is 10.2. The molecular formula is C20H24FN3O. The van der Waals surface area contributed by atoms with Gasteiger partial charge in [0.25, 0.3) is 0 Å². The fraction of sp³-hybridized carbons (Fsp3) is 0.350. The number of anilines is 2. The van der Waals surface area contributed by atoms with Crippen LogP contribution in [0.1, 0.15) is 6.92 Å². The van der Waals surface area contributed by atoms with Gasteiger partial charge in [0.1, 0.15) is 5.82 Å². The molecule has 25 heavy (non-hydrogen) atoms. The van der Waals surface area contributed by atoms with E-state index < -0.39 is 0 Å². The summed E-state index contributed by atoms with van der Waals surface area (Å²) < 4.78 is 13.9. The molecule has 5 heteroatoms. The first kappa shape index (κ1) is 17.4. The van der Waals surface area contributed by atoms with Gasteiger partial charge in [-0.1, -0.05) is 30.3 Å². The number of halogens is 1. The fourth-order valence-electron chi connectivity index (χ4n) is 3.24. The predicted octanol–water partition coefficient (Wildman–Crippen LogP) is 3.00. The highest BCUT2D eigenvalue weighted by Gasteiger charge is 2.23. The van der Waals surface area contributed by atoms with E-state index in [0.29, 0.717) is 18.8 Å². The third kappa shape index (κ3) is 4.17. The van der Waals surface area contributed by atoms with Crippen LogP contribution in [0.15, 0.2) is 54.6 Å². The number of hydrogen-bond acceptors (Lipinski definition) is 3. The van der Waals surface area contributed by atoms with E-state index in [0.717, 1.165) is 31.9 Å². The van der Waals surface area contributed by atoms with E-state index in [4.69, 9.17) is 0 Å². The minimum atomic E-state index is -0.187. The highest BCUT2D eigenvalue weighted by atomic mass is 19.1. The molecule has 1 saturated heterocycles. The Bertz CT molecular complexity index is 699. The second-order valence-corrected chi connectivity index (χ2v) is 6.19. The average Bonchev–Trinajstić information content (AvgIpc) is 2.64. The summed E-state index contributed by atoms with van der Waals surface area (Å²) >= 11 is 0. The molecule has 1 aliphatic rings. The summed E-state index contributed by atoms with van der Waals surface area (Å²) in [6.07, 6.45) is 0. The molecule has 1 fully saturated rings. The summed E-state index contributed by atoms with van der Waals surface area (Å²) in [7, 11) is 0. The van der Waals surface area contributed by atoms with Gasteiger partial charge in [0.05, 0.1) is 12.2 Å². The zero-order chi connectivity index (χ0) is 17.6. The van der Waals surface area contributed by atoms with Crippen LogP contribution >= 0.6 is 0 Å². The minimum Gasteiger partial charge on any atom is -0.367 e. The maximum atomic E-state index is 13.9. The number of nitrogens with zero attached hydrogens (tertiary/aromatic N) is 3. The Labute approximate surface area is 148 Å². The smallest absolute Gasteiger partial charge is 0.241 e. The zero-order valence-electron chi connectivity index (χ0n) is 14.6. The number of rotatable bonds is 5. The van der Waals surface area contributed by atoms with E-state index in [1.165, 1.54) is 6.07 Å². The normalized spacial score (nSPS) is 15.2. The van der Waals surface area contributed by atoms with Gasteiger partial charge in [0.15, 0.2) is 0 Å².